The van der Waals surface area contributed by atoms with Gasteiger partial charge in [0.05, 0.1) is 5.56 Å². The Morgan fingerprint density at radius 1 is 1.44 bits per heavy atom. The van der Waals surface area contributed by atoms with E-state index in [9.17, 15) is 9.59 Å². The molecule has 0 aromatic carbocycles. The zero-order chi connectivity index (χ0) is 13.1. The van der Waals surface area contributed by atoms with Gasteiger partial charge in [-0.1, -0.05) is 0 Å². The van der Waals surface area contributed by atoms with Gasteiger partial charge in [0.15, 0.2) is 0 Å². The molecule has 0 atom stereocenters. The zero-order valence-electron chi connectivity index (χ0n) is 9.78. The maximum Gasteiger partial charge on any atom is 0.337 e. The van der Waals surface area contributed by atoms with Gasteiger partial charge in [0.2, 0.25) is 0 Å². The molecule has 0 saturated carbocycles. The Bertz CT molecular complexity index is 629. The zero-order valence-corrected chi connectivity index (χ0v) is 9.78. The number of rotatable bonds is 4. The molecule has 0 aliphatic heterocycles. The molecule has 0 bridgehead atoms. The molecule has 0 amide bonds. The van der Waals surface area contributed by atoms with Crippen LogP contribution in [0.1, 0.15) is 16.2 Å². The summed E-state index contributed by atoms with van der Waals surface area (Å²) in [5, 5.41) is 16.5. The van der Waals surface area contributed by atoms with Crippen molar-refractivity contribution < 1.29 is 9.90 Å². The summed E-state index contributed by atoms with van der Waals surface area (Å²) in [5.74, 6) is -0.315. The fourth-order valence-corrected chi connectivity index (χ4v) is 1.59. The first-order chi connectivity index (χ1) is 8.58. The summed E-state index contributed by atoms with van der Waals surface area (Å²) in [6.07, 6.45) is 3.42. The monoisotopic (exact) mass is 248 g/mol. The van der Waals surface area contributed by atoms with Gasteiger partial charge in [0, 0.05) is 32.3 Å². The van der Waals surface area contributed by atoms with Gasteiger partial charge < -0.3 is 14.2 Å². The fourth-order valence-electron chi connectivity index (χ4n) is 1.59. The van der Waals surface area contributed by atoms with Crippen molar-refractivity contribution in [2.45, 2.75) is 13.0 Å². The van der Waals surface area contributed by atoms with E-state index in [2.05, 4.69) is 10.2 Å². The molecule has 0 spiro atoms. The average Bonchev–Trinajstić information content (AvgIpc) is 2.73. The van der Waals surface area contributed by atoms with E-state index < -0.39 is 5.97 Å². The Balaban J connectivity index is 2.19. The van der Waals surface area contributed by atoms with Crippen molar-refractivity contribution in [1.82, 2.24) is 19.3 Å². The Morgan fingerprint density at radius 2 is 2.22 bits per heavy atom. The first kappa shape index (κ1) is 12.0. The van der Waals surface area contributed by atoms with Gasteiger partial charge in [-0.25, -0.2) is 4.79 Å². The van der Waals surface area contributed by atoms with E-state index in [1.165, 1.54) is 22.9 Å². The minimum Gasteiger partial charge on any atom is -0.478 e. The summed E-state index contributed by atoms with van der Waals surface area (Å²) in [5.41, 5.74) is -0.144. The quantitative estimate of drug-likeness (QED) is 0.817. The first-order valence-corrected chi connectivity index (χ1v) is 5.34. The van der Waals surface area contributed by atoms with Crippen LogP contribution in [0, 0.1) is 0 Å². The molecule has 2 aromatic rings. The van der Waals surface area contributed by atoms with Gasteiger partial charge in [0.25, 0.3) is 5.56 Å². The van der Waals surface area contributed by atoms with Crippen molar-refractivity contribution in [2.75, 3.05) is 0 Å². The fraction of sp³-hybridized carbons (Fsp3) is 0.273. The minimum absolute atomic E-state index is 0.0903. The number of carboxylic acid groups (broad SMARTS) is 1. The molecule has 0 aliphatic carbocycles. The van der Waals surface area contributed by atoms with E-state index in [0.717, 1.165) is 5.82 Å². The van der Waals surface area contributed by atoms with Gasteiger partial charge in [-0.2, -0.15) is 0 Å². The van der Waals surface area contributed by atoms with E-state index in [1.807, 2.05) is 7.05 Å². The summed E-state index contributed by atoms with van der Waals surface area (Å²) >= 11 is 0. The molecule has 94 valence electrons. The molecular formula is C11H12N4O3. The number of carboxylic acids is 1. The van der Waals surface area contributed by atoms with E-state index in [-0.39, 0.29) is 11.1 Å². The van der Waals surface area contributed by atoms with E-state index in [1.54, 1.807) is 10.9 Å². The minimum atomic E-state index is -1.05. The second-order valence-corrected chi connectivity index (χ2v) is 3.86. The van der Waals surface area contributed by atoms with Gasteiger partial charge in [-0.3, -0.25) is 4.79 Å². The molecule has 7 heteroatoms. The van der Waals surface area contributed by atoms with Crippen LogP contribution in [0.4, 0.5) is 0 Å². The lowest BCUT2D eigenvalue weighted by Crippen LogP contribution is -2.21. The standard InChI is InChI=1S/C11H12N4O3/c1-14-7-12-13-9(14)4-5-15-6-8(11(17)18)2-3-10(15)16/h2-3,6-7H,4-5H2,1H3,(H,17,18). The number of carbonyl (C=O) groups is 1. The van der Waals surface area contributed by atoms with Crippen molar-refractivity contribution in [3.8, 4) is 0 Å². The van der Waals surface area contributed by atoms with Gasteiger partial charge >= 0.3 is 5.97 Å². The summed E-state index contributed by atoms with van der Waals surface area (Å²) in [7, 11) is 1.81. The Hall–Kier alpha value is -2.44. The molecule has 18 heavy (non-hydrogen) atoms. The topological polar surface area (TPSA) is 90.0 Å². The third-order valence-corrected chi connectivity index (χ3v) is 2.61. The second-order valence-electron chi connectivity index (χ2n) is 3.86. The Morgan fingerprint density at radius 3 is 2.83 bits per heavy atom. The number of aromatic nitrogens is 4. The lowest BCUT2D eigenvalue weighted by Gasteiger charge is -2.05. The van der Waals surface area contributed by atoms with Crippen LogP contribution in [0.15, 0.2) is 29.5 Å². The highest BCUT2D eigenvalue weighted by Gasteiger charge is 2.06. The number of nitrogens with zero attached hydrogens (tertiary/aromatic N) is 4. The summed E-state index contributed by atoms with van der Waals surface area (Å²) in [6, 6.07) is 2.55. The highest BCUT2D eigenvalue weighted by Crippen LogP contribution is 1.99. The molecule has 2 rings (SSSR count). The van der Waals surface area contributed by atoms with Crippen molar-refractivity contribution >= 4 is 5.97 Å². The predicted octanol–water partition coefficient (Wildman–Crippen LogP) is -0.0823. The number of aryl methyl sites for hydroxylation is 3. The average molecular weight is 248 g/mol. The largest absolute Gasteiger partial charge is 0.478 e. The van der Waals surface area contributed by atoms with Crippen LogP contribution in [0.5, 0.6) is 0 Å². The normalized spacial score (nSPS) is 10.5. The van der Waals surface area contributed by atoms with Crippen LogP contribution >= 0.6 is 0 Å². The van der Waals surface area contributed by atoms with Crippen LogP contribution in [0.2, 0.25) is 0 Å². The maximum atomic E-state index is 11.6. The molecule has 0 aliphatic rings. The van der Waals surface area contributed by atoms with Crippen molar-refractivity contribution in [3.63, 3.8) is 0 Å². The van der Waals surface area contributed by atoms with Crippen LogP contribution < -0.4 is 5.56 Å². The van der Waals surface area contributed by atoms with Gasteiger partial charge in [-0.15, -0.1) is 10.2 Å². The Labute approximate surface area is 102 Å². The molecule has 2 aromatic heterocycles. The first-order valence-electron chi connectivity index (χ1n) is 5.34. The third kappa shape index (κ3) is 2.45. The molecule has 7 nitrogen and oxygen atoms in total. The van der Waals surface area contributed by atoms with Crippen molar-refractivity contribution in [2.24, 2.45) is 7.05 Å². The van der Waals surface area contributed by atoms with E-state index >= 15 is 0 Å². The number of hydrogen-bond donors (Lipinski definition) is 1. The third-order valence-electron chi connectivity index (χ3n) is 2.61. The van der Waals surface area contributed by atoms with Crippen molar-refractivity contribution in [3.05, 3.63) is 46.4 Å². The van der Waals surface area contributed by atoms with Crippen LogP contribution in [0.3, 0.4) is 0 Å². The van der Waals surface area contributed by atoms with Crippen molar-refractivity contribution in [1.29, 1.82) is 0 Å². The highest BCUT2D eigenvalue weighted by atomic mass is 16.4. The summed E-state index contributed by atoms with van der Waals surface area (Å²) in [6.45, 7) is 0.368. The lowest BCUT2D eigenvalue weighted by molar-refractivity contribution is 0.0696. The number of hydrogen-bond acceptors (Lipinski definition) is 4. The highest BCUT2D eigenvalue weighted by molar-refractivity contribution is 5.87. The molecule has 0 radical (unpaired) electrons. The van der Waals surface area contributed by atoms with Gasteiger partial charge in [0.1, 0.15) is 12.2 Å². The molecular weight excluding hydrogens is 236 g/mol. The molecule has 0 unspecified atom stereocenters. The van der Waals surface area contributed by atoms with E-state index in [4.69, 9.17) is 5.11 Å². The predicted molar refractivity (Wildman–Crippen MR) is 62.4 cm³/mol. The molecule has 0 fully saturated rings. The van der Waals surface area contributed by atoms with Crippen LogP contribution in [0.25, 0.3) is 0 Å². The summed E-state index contributed by atoms with van der Waals surface area (Å²) < 4.78 is 3.12. The summed E-state index contributed by atoms with van der Waals surface area (Å²) in [4.78, 5) is 22.4. The van der Waals surface area contributed by atoms with Gasteiger partial charge in [-0.05, 0) is 6.07 Å². The van der Waals surface area contributed by atoms with Crippen LogP contribution in [-0.2, 0) is 20.0 Å². The lowest BCUT2D eigenvalue weighted by atomic mass is 10.3. The maximum absolute atomic E-state index is 11.6. The number of pyridine rings is 1. The molecule has 0 saturated heterocycles. The SMILES string of the molecule is Cn1cnnc1CCn1cc(C(=O)O)ccc1=O. The molecule has 1 N–H and O–H groups in total. The number of aromatic carboxylic acids is 1. The second kappa shape index (κ2) is 4.82. The van der Waals surface area contributed by atoms with Crippen LogP contribution in [-0.4, -0.2) is 30.4 Å². The smallest absolute Gasteiger partial charge is 0.337 e. The molecule has 2 heterocycles. The Kier molecular flexibility index (Phi) is 3.22. The van der Waals surface area contributed by atoms with E-state index in [0.29, 0.717) is 13.0 Å².